The molecule has 0 amide bonds. The number of carboxylic acids is 1. The van der Waals surface area contributed by atoms with Gasteiger partial charge in [-0.05, 0) is 6.07 Å². The van der Waals surface area contributed by atoms with E-state index in [1.807, 2.05) is 0 Å². The highest BCUT2D eigenvalue weighted by molar-refractivity contribution is 5.92. The molecule has 1 rings (SSSR count). The number of carboxylic acid groups (broad SMARTS) is 1. The Labute approximate surface area is 82.3 Å². The Bertz CT molecular complexity index is 389. The Morgan fingerprint density at radius 3 is 2.53 bits per heavy atom. The molecule has 0 spiro atoms. The van der Waals surface area contributed by atoms with E-state index < -0.39 is 29.2 Å². The van der Waals surface area contributed by atoms with E-state index in [0.717, 1.165) is 13.3 Å². The van der Waals surface area contributed by atoms with Crippen molar-refractivity contribution >= 4 is 5.97 Å². The van der Waals surface area contributed by atoms with Crippen LogP contribution in [0.1, 0.15) is 15.9 Å². The summed E-state index contributed by atoms with van der Waals surface area (Å²) in [4.78, 5) is 14.0. The molecule has 15 heavy (non-hydrogen) atoms. The SMILES string of the molecule is COc1nccc(C(F)(F)F)c1C(=O)O. The first-order valence-corrected chi connectivity index (χ1v) is 3.71. The second-order valence-electron chi connectivity index (χ2n) is 2.55. The lowest BCUT2D eigenvalue weighted by molar-refractivity contribution is -0.138. The number of rotatable bonds is 2. The van der Waals surface area contributed by atoms with Crippen molar-refractivity contribution in [2.45, 2.75) is 6.18 Å². The minimum Gasteiger partial charge on any atom is -0.480 e. The molecule has 1 aromatic rings. The quantitative estimate of drug-likeness (QED) is 0.827. The average Bonchev–Trinajstić information content (AvgIpc) is 2.15. The third kappa shape index (κ3) is 2.17. The molecule has 0 saturated heterocycles. The van der Waals surface area contributed by atoms with Gasteiger partial charge in [0.1, 0.15) is 5.56 Å². The first-order valence-electron chi connectivity index (χ1n) is 3.71. The average molecular weight is 221 g/mol. The summed E-state index contributed by atoms with van der Waals surface area (Å²) in [5, 5.41) is 8.62. The minimum absolute atomic E-state index is 0.558. The van der Waals surface area contributed by atoms with Crippen LogP contribution in [0.5, 0.6) is 5.88 Å². The van der Waals surface area contributed by atoms with Crippen molar-refractivity contribution in [2.24, 2.45) is 0 Å². The molecule has 1 aromatic heterocycles. The molecule has 0 aromatic carbocycles. The molecule has 0 fully saturated rings. The van der Waals surface area contributed by atoms with Gasteiger partial charge in [-0.1, -0.05) is 0 Å². The second kappa shape index (κ2) is 3.76. The Hall–Kier alpha value is -1.79. The Morgan fingerprint density at radius 1 is 1.53 bits per heavy atom. The minimum atomic E-state index is -4.75. The van der Waals surface area contributed by atoms with Crippen LogP contribution in [-0.4, -0.2) is 23.2 Å². The number of carbonyl (C=O) groups is 1. The molecule has 1 heterocycles. The fourth-order valence-electron chi connectivity index (χ4n) is 1.04. The van der Waals surface area contributed by atoms with Crippen molar-refractivity contribution in [3.8, 4) is 5.88 Å². The summed E-state index contributed by atoms with van der Waals surface area (Å²) < 4.78 is 41.6. The Morgan fingerprint density at radius 2 is 2.13 bits per heavy atom. The predicted molar refractivity (Wildman–Crippen MR) is 42.8 cm³/mol. The van der Waals surface area contributed by atoms with Crippen LogP contribution in [0.2, 0.25) is 0 Å². The van der Waals surface area contributed by atoms with E-state index in [1.54, 1.807) is 0 Å². The Balaban J connectivity index is 3.46. The number of alkyl halides is 3. The van der Waals surface area contributed by atoms with E-state index in [4.69, 9.17) is 5.11 Å². The third-order valence-corrected chi connectivity index (χ3v) is 1.63. The van der Waals surface area contributed by atoms with Crippen LogP contribution < -0.4 is 4.74 Å². The van der Waals surface area contributed by atoms with Crippen molar-refractivity contribution in [3.63, 3.8) is 0 Å². The van der Waals surface area contributed by atoms with Crippen LogP contribution in [0.15, 0.2) is 12.3 Å². The molecule has 0 atom stereocenters. The maximum atomic E-state index is 12.4. The van der Waals surface area contributed by atoms with Gasteiger partial charge in [0.2, 0.25) is 5.88 Å². The lowest BCUT2D eigenvalue weighted by atomic mass is 10.1. The van der Waals surface area contributed by atoms with Gasteiger partial charge in [0.25, 0.3) is 0 Å². The summed E-state index contributed by atoms with van der Waals surface area (Å²) in [5.74, 6) is -2.29. The van der Waals surface area contributed by atoms with E-state index in [-0.39, 0.29) is 0 Å². The molecule has 0 saturated carbocycles. The second-order valence-corrected chi connectivity index (χ2v) is 2.55. The fraction of sp³-hybridized carbons (Fsp3) is 0.250. The van der Waals surface area contributed by atoms with Crippen molar-refractivity contribution < 1.29 is 27.8 Å². The lowest BCUT2D eigenvalue weighted by Crippen LogP contribution is -2.14. The lowest BCUT2D eigenvalue weighted by Gasteiger charge is -2.11. The normalized spacial score (nSPS) is 11.2. The summed E-state index contributed by atoms with van der Waals surface area (Å²) in [5.41, 5.74) is -2.26. The number of methoxy groups -OCH3 is 1. The van der Waals surface area contributed by atoms with Gasteiger partial charge in [0.15, 0.2) is 0 Å². The zero-order valence-corrected chi connectivity index (χ0v) is 7.50. The smallest absolute Gasteiger partial charge is 0.417 e. The number of ether oxygens (including phenoxy) is 1. The molecular weight excluding hydrogens is 215 g/mol. The van der Waals surface area contributed by atoms with Crippen LogP contribution in [-0.2, 0) is 6.18 Å². The highest BCUT2D eigenvalue weighted by atomic mass is 19.4. The first-order chi connectivity index (χ1) is 6.88. The van der Waals surface area contributed by atoms with E-state index in [0.29, 0.717) is 6.07 Å². The number of hydrogen-bond acceptors (Lipinski definition) is 3. The van der Waals surface area contributed by atoms with Crippen LogP contribution >= 0.6 is 0 Å². The molecule has 0 aliphatic heterocycles. The largest absolute Gasteiger partial charge is 0.480 e. The zero-order valence-electron chi connectivity index (χ0n) is 7.50. The van der Waals surface area contributed by atoms with Gasteiger partial charge < -0.3 is 9.84 Å². The van der Waals surface area contributed by atoms with E-state index >= 15 is 0 Å². The topological polar surface area (TPSA) is 59.4 Å². The van der Waals surface area contributed by atoms with Crippen molar-refractivity contribution in [1.29, 1.82) is 0 Å². The van der Waals surface area contributed by atoms with Crippen LogP contribution in [0.25, 0.3) is 0 Å². The van der Waals surface area contributed by atoms with Crippen molar-refractivity contribution in [2.75, 3.05) is 7.11 Å². The van der Waals surface area contributed by atoms with Gasteiger partial charge in [0, 0.05) is 6.20 Å². The first kappa shape index (κ1) is 11.3. The standard InChI is InChI=1S/C8H6F3NO3/c1-15-6-5(7(13)14)4(2-3-12-6)8(9,10)11/h2-3H,1H3,(H,13,14). The van der Waals surface area contributed by atoms with E-state index in [2.05, 4.69) is 9.72 Å². The van der Waals surface area contributed by atoms with Gasteiger partial charge in [-0.3, -0.25) is 0 Å². The number of halogens is 3. The molecule has 4 nitrogen and oxygen atoms in total. The molecule has 0 aliphatic carbocycles. The number of nitrogens with zero attached hydrogens (tertiary/aromatic N) is 1. The Kier molecular flexibility index (Phi) is 2.83. The third-order valence-electron chi connectivity index (χ3n) is 1.63. The molecule has 0 radical (unpaired) electrons. The molecule has 0 bridgehead atoms. The van der Waals surface area contributed by atoms with Gasteiger partial charge in [0.05, 0.1) is 12.7 Å². The number of aromatic nitrogens is 1. The molecule has 0 aliphatic rings. The number of hydrogen-bond donors (Lipinski definition) is 1. The molecule has 82 valence electrons. The van der Waals surface area contributed by atoms with E-state index in [1.165, 1.54) is 0 Å². The maximum Gasteiger partial charge on any atom is 0.417 e. The summed E-state index contributed by atoms with van der Waals surface area (Å²) in [7, 11) is 1.05. The monoisotopic (exact) mass is 221 g/mol. The van der Waals surface area contributed by atoms with Crippen molar-refractivity contribution in [3.05, 3.63) is 23.4 Å². The predicted octanol–water partition coefficient (Wildman–Crippen LogP) is 1.81. The molecule has 7 heteroatoms. The zero-order chi connectivity index (χ0) is 11.6. The van der Waals surface area contributed by atoms with Gasteiger partial charge in [-0.25, -0.2) is 9.78 Å². The van der Waals surface area contributed by atoms with Gasteiger partial charge in [-0.2, -0.15) is 13.2 Å². The summed E-state index contributed by atoms with van der Waals surface area (Å²) in [6.45, 7) is 0. The maximum absolute atomic E-state index is 12.4. The number of pyridine rings is 1. The van der Waals surface area contributed by atoms with E-state index in [9.17, 15) is 18.0 Å². The van der Waals surface area contributed by atoms with Gasteiger partial charge in [-0.15, -0.1) is 0 Å². The number of aromatic carboxylic acids is 1. The molecule has 1 N–H and O–H groups in total. The highest BCUT2D eigenvalue weighted by Gasteiger charge is 2.37. The van der Waals surface area contributed by atoms with Gasteiger partial charge >= 0.3 is 12.1 Å². The van der Waals surface area contributed by atoms with Crippen molar-refractivity contribution in [1.82, 2.24) is 4.98 Å². The van der Waals surface area contributed by atoms with Crippen LogP contribution in [0.4, 0.5) is 13.2 Å². The summed E-state index contributed by atoms with van der Waals surface area (Å²) >= 11 is 0. The molecule has 0 unspecified atom stereocenters. The summed E-state index contributed by atoms with van der Waals surface area (Å²) in [6, 6.07) is 0.589. The summed E-state index contributed by atoms with van der Waals surface area (Å²) in [6.07, 6.45) is -3.90. The fourth-order valence-corrected chi connectivity index (χ4v) is 1.04. The van der Waals surface area contributed by atoms with Crippen LogP contribution in [0.3, 0.4) is 0 Å². The van der Waals surface area contributed by atoms with Crippen LogP contribution in [0, 0.1) is 0 Å². The highest BCUT2D eigenvalue weighted by Crippen LogP contribution is 2.34. The molecular formula is C8H6F3NO3.